The van der Waals surface area contributed by atoms with Crippen LogP contribution in [0.4, 0.5) is 0 Å². The first kappa shape index (κ1) is 20.3. The second-order valence-corrected chi connectivity index (χ2v) is 7.30. The lowest BCUT2D eigenvalue weighted by atomic mass is 10.1. The summed E-state index contributed by atoms with van der Waals surface area (Å²) in [7, 11) is 0. The predicted molar refractivity (Wildman–Crippen MR) is 123 cm³/mol. The van der Waals surface area contributed by atoms with Crippen LogP contribution >= 0.6 is 0 Å². The van der Waals surface area contributed by atoms with Gasteiger partial charge in [0.25, 0.3) is 5.91 Å². The number of para-hydroxylation sites is 2. The van der Waals surface area contributed by atoms with E-state index in [9.17, 15) is 4.79 Å². The number of H-pyrrole nitrogens is 1. The molecule has 0 aliphatic rings. The molecule has 2 aromatic heterocycles. The zero-order valence-corrected chi connectivity index (χ0v) is 17.0. The summed E-state index contributed by atoms with van der Waals surface area (Å²) in [6.07, 6.45) is 1.03. The summed E-state index contributed by atoms with van der Waals surface area (Å²) in [5.74, 6) is -0.0865. The maximum absolute atomic E-state index is 13.1. The minimum atomic E-state index is -0.0865. The molecule has 2 aromatic carbocycles. The van der Waals surface area contributed by atoms with Crippen LogP contribution < -0.4 is 21.7 Å². The number of aromatic nitrogens is 2. The second kappa shape index (κ2) is 9.67. The highest BCUT2D eigenvalue weighted by Gasteiger charge is 2.18. The van der Waals surface area contributed by atoms with Gasteiger partial charge < -0.3 is 26.7 Å². The van der Waals surface area contributed by atoms with Crippen LogP contribution in [0.2, 0.25) is 0 Å². The molecule has 30 heavy (non-hydrogen) atoms. The number of fused-ring (bicyclic) bond motifs is 4. The molecule has 0 saturated heterocycles. The number of nitrogens with two attached hydrogens (primary N) is 1. The number of hydrogen-bond acceptors (Lipinski definition) is 5. The van der Waals surface area contributed by atoms with Gasteiger partial charge >= 0.3 is 0 Å². The van der Waals surface area contributed by atoms with E-state index >= 15 is 0 Å². The number of hydrogen-bond donors (Lipinski definition) is 5. The van der Waals surface area contributed by atoms with Crippen LogP contribution in [0.1, 0.15) is 16.8 Å². The fourth-order valence-electron chi connectivity index (χ4n) is 3.74. The van der Waals surface area contributed by atoms with Gasteiger partial charge in [0.05, 0.1) is 22.1 Å². The zero-order chi connectivity index (χ0) is 20.8. The molecule has 1 amide bonds. The summed E-state index contributed by atoms with van der Waals surface area (Å²) < 4.78 is 0. The van der Waals surface area contributed by atoms with Crippen molar-refractivity contribution in [2.24, 2.45) is 5.73 Å². The molecule has 0 fully saturated rings. The molecular formula is C23H28N6O. The van der Waals surface area contributed by atoms with Crippen LogP contribution in [0.3, 0.4) is 0 Å². The van der Waals surface area contributed by atoms with Crippen LogP contribution in [-0.2, 0) is 0 Å². The van der Waals surface area contributed by atoms with Crippen LogP contribution in [0.15, 0.2) is 48.5 Å². The van der Waals surface area contributed by atoms with Crippen molar-refractivity contribution < 1.29 is 4.79 Å². The molecule has 0 aliphatic carbocycles. The van der Waals surface area contributed by atoms with Crippen LogP contribution in [0, 0.1) is 0 Å². The summed E-state index contributed by atoms with van der Waals surface area (Å²) in [5.41, 5.74) is 9.52. The highest BCUT2D eigenvalue weighted by Crippen LogP contribution is 2.30. The first-order chi connectivity index (χ1) is 14.8. The van der Waals surface area contributed by atoms with Crippen molar-refractivity contribution in [1.29, 1.82) is 0 Å². The van der Waals surface area contributed by atoms with Crippen molar-refractivity contribution >= 4 is 38.7 Å². The van der Waals surface area contributed by atoms with E-state index in [0.29, 0.717) is 18.7 Å². The van der Waals surface area contributed by atoms with Gasteiger partial charge in [-0.05, 0) is 31.6 Å². The average molecular weight is 405 g/mol. The van der Waals surface area contributed by atoms with Crippen molar-refractivity contribution in [3.8, 4) is 0 Å². The van der Waals surface area contributed by atoms with E-state index in [1.165, 1.54) is 0 Å². The molecule has 7 heteroatoms. The lowest BCUT2D eigenvalue weighted by molar-refractivity contribution is 0.0957. The van der Waals surface area contributed by atoms with Gasteiger partial charge in [0.1, 0.15) is 0 Å². The minimum Gasteiger partial charge on any atom is -0.353 e. The third-order valence-electron chi connectivity index (χ3n) is 5.18. The Labute approximate surface area is 175 Å². The lowest BCUT2D eigenvalue weighted by Gasteiger charge is -2.10. The fraction of sp³-hybridized carbons (Fsp3) is 0.304. The minimum absolute atomic E-state index is 0.0865. The van der Waals surface area contributed by atoms with E-state index in [0.717, 1.165) is 65.4 Å². The normalized spacial score (nSPS) is 11.5. The molecule has 0 radical (unpaired) electrons. The van der Waals surface area contributed by atoms with Gasteiger partial charge in [-0.25, -0.2) is 4.98 Å². The Kier molecular flexibility index (Phi) is 6.53. The maximum Gasteiger partial charge on any atom is 0.254 e. The third-order valence-corrected chi connectivity index (χ3v) is 5.18. The van der Waals surface area contributed by atoms with Crippen molar-refractivity contribution in [2.75, 3.05) is 39.3 Å². The van der Waals surface area contributed by atoms with Gasteiger partial charge in [-0.1, -0.05) is 36.4 Å². The quantitative estimate of drug-likeness (QED) is 0.260. The molecule has 0 unspecified atom stereocenters. The SMILES string of the molecule is NCCNCCCNCCNC(=O)c1c2ccccc2nc2c1[nH]c1ccccc12. The van der Waals surface area contributed by atoms with Gasteiger partial charge in [0.15, 0.2) is 0 Å². The van der Waals surface area contributed by atoms with E-state index in [1.807, 2.05) is 48.5 Å². The Hall–Kier alpha value is -3.00. The predicted octanol–water partition coefficient (Wildman–Crippen LogP) is 2.13. The molecule has 156 valence electrons. The fourth-order valence-corrected chi connectivity index (χ4v) is 3.74. The average Bonchev–Trinajstić information content (AvgIpc) is 3.14. The Bertz CT molecular complexity index is 1150. The van der Waals surface area contributed by atoms with Gasteiger partial charge in [0.2, 0.25) is 0 Å². The van der Waals surface area contributed by atoms with Crippen LogP contribution in [0.25, 0.3) is 32.8 Å². The summed E-state index contributed by atoms with van der Waals surface area (Å²) >= 11 is 0. The summed E-state index contributed by atoms with van der Waals surface area (Å²) in [5, 5.41) is 11.6. The molecule has 0 spiro atoms. The van der Waals surface area contributed by atoms with Gasteiger partial charge in [-0.3, -0.25) is 4.79 Å². The summed E-state index contributed by atoms with van der Waals surface area (Å²) in [6.45, 7) is 4.63. The Morgan fingerprint density at radius 3 is 2.47 bits per heavy atom. The number of carbonyl (C=O) groups is 1. The first-order valence-electron chi connectivity index (χ1n) is 10.5. The van der Waals surface area contributed by atoms with Crippen LogP contribution in [0.5, 0.6) is 0 Å². The molecule has 0 aliphatic heterocycles. The van der Waals surface area contributed by atoms with E-state index in [2.05, 4.69) is 20.9 Å². The largest absolute Gasteiger partial charge is 0.353 e. The molecule has 4 aromatic rings. The van der Waals surface area contributed by atoms with Crippen molar-refractivity contribution in [1.82, 2.24) is 25.9 Å². The molecule has 6 N–H and O–H groups in total. The van der Waals surface area contributed by atoms with Crippen LogP contribution in [-0.4, -0.2) is 55.1 Å². The third kappa shape index (κ3) is 4.28. The number of carbonyl (C=O) groups excluding carboxylic acids is 1. The molecule has 0 atom stereocenters. The highest BCUT2D eigenvalue weighted by molar-refractivity contribution is 6.20. The Balaban J connectivity index is 1.49. The number of amides is 1. The molecule has 0 bridgehead atoms. The van der Waals surface area contributed by atoms with E-state index in [-0.39, 0.29) is 5.91 Å². The molecular weight excluding hydrogens is 376 g/mol. The zero-order valence-electron chi connectivity index (χ0n) is 17.0. The highest BCUT2D eigenvalue weighted by atomic mass is 16.1. The number of benzene rings is 2. The monoisotopic (exact) mass is 404 g/mol. The van der Waals surface area contributed by atoms with E-state index < -0.39 is 0 Å². The second-order valence-electron chi connectivity index (χ2n) is 7.30. The molecule has 0 saturated carbocycles. The topological polar surface area (TPSA) is 108 Å². The number of rotatable bonds is 10. The van der Waals surface area contributed by atoms with Crippen molar-refractivity contribution in [3.63, 3.8) is 0 Å². The summed E-state index contributed by atoms with van der Waals surface area (Å²) in [4.78, 5) is 21.4. The Morgan fingerprint density at radius 2 is 1.63 bits per heavy atom. The standard InChI is InChI=1S/C23H28N6O/c24-10-13-25-11-5-12-26-14-15-27-23(30)20-16-6-1-3-8-18(16)28-21-17-7-2-4-9-19(17)29-22(20)21/h1-4,6-9,25-26,29H,5,10-15,24H2,(H,27,30). The lowest BCUT2D eigenvalue weighted by Crippen LogP contribution is -2.33. The number of nitrogens with zero attached hydrogens (tertiary/aromatic N) is 1. The van der Waals surface area contributed by atoms with Gasteiger partial charge in [-0.2, -0.15) is 0 Å². The number of nitrogens with one attached hydrogen (secondary N) is 4. The molecule has 7 nitrogen and oxygen atoms in total. The van der Waals surface area contributed by atoms with Gasteiger partial charge in [0, 0.05) is 42.5 Å². The number of pyridine rings is 1. The maximum atomic E-state index is 13.1. The Morgan fingerprint density at radius 1 is 0.900 bits per heavy atom. The smallest absolute Gasteiger partial charge is 0.254 e. The van der Waals surface area contributed by atoms with Crippen molar-refractivity contribution in [3.05, 3.63) is 54.1 Å². The van der Waals surface area contributed by atoms with E-state index in [1.54, 1.807) is 0 Å². The first-order valence-corrected chi connectivity index (χ1v) is 10.5. The number of aromatic amines is 1. The van der Waals surface area contributed by atoms with Crippen molar-refractivity contribution in [2.45, 2.75) is 6.42 Å². The molecule has 4 rings (SSSR count). The van der Waals surface area contributed by atoms with Gasteiger partial charge in [-0.15, -0.1) is 0 Å². The molecule has 2 heterocycles. The van der Waals surface area contributed by atoms with E-state index in [4.69, 9.17) is 10.7 Å². The summed E-state index contributed by atoms with van der Waals surface area (Å²) in [6, 6.07) is 15.8.